The lowest BCUT2D eigenvalue weighted by Crippen LogP contribution is -2.36. The normalized spacial score (nSPS) is 15.6. The second-order valence-electron chi connectivity index (χ2n) is 6.22. The number of thiazole rings is 1. The maximum atomic E-state index is 13.2. The number of amides is 2. The van der Waals surface area contributed by atoms with Gasteiger partial charge in [0.1, 0.15) is 10.0 Å². The molecule has 1 aromatic carbocycles. The smallest absolute Gasteiger partial charge is 0.337 e. The maximum absolute atomic E-state index is 13.2. The maximum Gasteiger partial charge on any atom is 0.416 e. The van der Waals surface area contributed by atoms with E-state index < -0.39 is 11.7 Å². The second-order valence-corrected chi connectivity index (χ2v) is 8.13. The highest BCUT2D eigenvalue weighted by atomic mass is 32.2. The average Bonchev–Trinajstić information content (AvgIpc) is 3.07. The number of benzene rings is 1. The van der Waals surface area contributed by atoms with Gasteiger partial charge in [0.25, 0.3) is 5.91 Å². The molecular weight excluding hydrogens is 411 g/mol. The highest BCUT2D eigenvalue weighted by molar-refractivity contribution is 8.00. The van der Waals surface area contributed by atoms with Gasteiger partial charge in [0, 0.05) is 38.0 Å². The van der Waals surface area contributed by atoms with E-state index in [1.807, 2.05) is 6.26 Å². The van der Waals surface area contributed by atoms with Crippen LogP contribution >= 0.6 is 23.1 Å². The first kappa shape index (κ1) is 20.7. The minimum atomic E-state index is -4.48. The van der Waals surface area contributed by atoms with Gasteiger partial charge in [-0.05, 0) is 17.9 Å². The number of hydrogen-bond acceptors (Lipinski definition) is 5. The molecule has 2 amide bonds. The number of carbonyl (C=O) groups is 2. The van der Waals surface area contributed by atoms with Crippen LogP contribution in [0.5, 0.6) is 0 Å². The van der Waals surface area contributed by atoms with Crippen LogP contribution < -0.4 is 0 Å². The Morgan fingerprint density at radius 1 is 1.25 bits per heavy atom. The minimum Gasteiger partial charge on any atom is -0.337 e. The Labute approximate surface area is 168 Å². The molecule has 0 atom stereocenters. The van der Waals surface area contributed by atoms with Gasteiger partial charge < -0.3 is 9.80 Å². The molecule has 0 aliphatic carbocycles. The first-order chi connectivity index (χ1) is 13.3. The molecule has 150 valence electrons. The predicted molar refractivity (Wildman–Crippen MR) is 101 cm³/mol. The van der Waals surface area contributed by atoms with Gasteiger partial charge in [-0.1, -0.05) is 30.0 Å². The summed E-state index contributed by atoms with van der Waals surface area (Å²) >= 11 is 2.82. The molecule has 0 unspecified atom stereocenters. The number of aromatic nitrogens is 1. The number of carbonyl (C=O) groups excluding carboxylic acids is 2. The fraction of sp³-hybridized carbons (Fsp3) is 0.389. The van der Waals surface area contributed by atoms with Crippen molar-refractivity contribution >= 4 is 34.9 Å². The molecule has 5 nitrogen and oxygen atoms in total. The van der Waals surface area contributed by atoms with Gasteiger partial charge in [-0.3, -0.25) is 9.59 Å². The Morgan fingerprint density at radius 3 is 2.68 bits per heavy atom. The van der Waals surface area contributed by atoms with E-state index in [-0.39, 0.29) is 50.0 Å². The molecule has 0 N–H and O–H groups in total. The van der Waals surface area contributed by atoms with Gasteiger partial charge in [-0.25, -0.2) is 4.98 Å². The van der Waals surface area contributed by atoms with Crippen LogP contribution in [-0.2, 0) is 17.5 Å². The fourth-order valence-electron chi connectivity index (χ4n) is 2.99. The average molecular weight is 429 g/mol. The quantitative estimate of drug-likeness (QED) is 0.695. The van der Waals surface area contributed by atoms with Crippen molar-refractivity contribution in [3.63, 3.8) is 0 Å². The van der Waals surface area contributed by atoms with E-state index in [2.05, 4.69) is 4.98 Å². The zero-order chi connectivity index (χ0) is 20.3. The van der Waals surface area contributed by atoms with Gasteiger partial charge in [-0.2, -0.15) is 13.2 Å². The van der Waals surface area contributed by atoms with Crippen LogP contribution in [0.15, 0.2) is 34.0 Å². The van der Waals surface area contributed by atoms with E-state index >= 15 is 0 Å². The summed E-state index contributed by atoms with van der Waals surface area (Å²) in [5.41, 5.74) is -0.364. The van der Waals surface area contributed by atoms with Gasteiger partial charge in [0.2, 0.25) is 5.91 Å². The molecule has 10 heteroatoms. The van der Waals surface area contributed by atoms with Crippen LogP contribution in [0, 0.1) is 0 Å². The van der Waals surface area contributed by atoms with Gasteiger partial charge in [0.05, 0.1) is 5.56 Å². The Kier molecular flexibility index (Phi) is 6.29. The van der Waals surface area contributed by atoms with Crippen molar-refractivity contribution in [2.24, 2.45) is 0 Å². The van der Waals surface area contributed by atoms with Crippen molar-refractivity contribution < 1.29 is 22.8 Å². The summed E-state index contributed by atoms with van der Waals surface area (Å²) in [6, 6.07) is 5.24. The Balaban J connectivity index is 1.71. The molecular formula is C18H18F3N3O2S2. The number of hydrogen-bond donors (Lipinski definition) is 0. The van der Waals surface area contributed by atoms with E-state index in [0.717, 1.165) is 10.4 Å². The van der Waals surface area contributed by atoms with Crippen molar-refractivity contribution in [3.8, 4) is 0 Å². The number of alkyl halides is 3. The van der Waals surface area contributed by atoms with Crippen LogP contribution in [0.2, 0.25) is 0 Å². The standard InChI is InChI=1S/C18H18F3N3O2S2/c1-27-17-22-14(11-28-17)16(26)23-7-6-15(25)24(9-8-23)10-12-4-2-3-5-13(12)18(19,20)21/h2-5,11H,6-10H2,1H3. The number of nitrogens with zero attached hydrogens (tertiary/aromatic N) is 3. The molecule has 1 saturated heterocycles. The topological polar surface area (TPSA) is 53.5 Å². The first-order valence-corrected chi connectivity index (χ1v) is 10.6. The number of halogens is 3. The summed E-state index contributed by atoms with van der Waals surface area (Å²) in [5.74, 6) is -0.530. The lowest BCUT2D eigenvalue weighted by atomic mass is 10.1. The Hall–Kier alpha value is -2.07. The van der Waals surface area contributed by atoms with E-state index in [9.17, 15) is 22.8 Å². The summed E-state index contributed by atoms with van der Waals surface area (Å²) in [6.07, 6.45) is -2.54. The van der Waals surface area contributed by atoms with Crippen LogP contribution in [0.3, 0.4) is 0 Å². The summed E-state index contributed by atoms with van der Waals surface area (Å²) in [5, 5.41) is 1.68. The van der Waals surface area contributed by atoms with Crippen LogP contribution in [0.4, 0.5) is 13.2 Å². The number of rotatable bonds is 4. The van der Waals surface area contributed by atoms with Gasteiger partial charge in [-0.15, -0.1) is 11.3 Å². The molecule has 0 spiro atoms. The molecule has 2 heterocycles. The van der Waals surface area contributed by atoms with Crippen molar-refractivity contribution in [2.75, 3.05) is 25.9 Å². The van der Waals surface area contributed by atoms with E-state index in [4.69, 9.17) is 0 Å². The van der Waals surface area contributed by atoms with Crippen LogP contribution in [0.25, 0.3) is 0 Å². The lowest BCUT2D eigenvalue weighted by Gasteiger charge is -2.23. The van der Waals surface area contributed by atoms with E-state index in [0.29, 0.717) is 5.69 Å². The van der Waals surface area contributed by atoms with Gasteiger partial charge >= 0.3 is 6.18 Å². The third-order valence-corrected chi connectivity index (χ3v) is 6.30. The second kappa shape index (κ2) is 8.52. The molecule has 1 fully saturated rings. The molecule has 0 bridgehead atoms. The monoisotopic (exact) mass is 429 g/mol. The molecule has 0 saturated carbocycles. The Bertz CT molecular complexity index is 870. The molecule has 3 rings (SSSR count). The predicted octanol–water partition coefficient (Wildman–Crippen LogP) is 3.76. The molecule has 2 aromatic rings. The zero-order valence-corrected chi connectivity index (χ0v) is 16.7. The largest absolute Gasteiger partial charge is 0.416 e. The summed E-state index contributed by atoms with van der Waals surface area (Å²) in [7, 11) is 0. The SMILES string of the molecule is CSc1nc(C(=O)N2CCC(=O)N(Cc3ccccc3C(F)(F)F)CC2)cs1. The summed E-state index contributed by atoms with van der Waals surface area (Å²) in [6.45, 7) is 0.520. The molecule has 1 aliphatic heterocycles. The summed E-state index contributed by atoms with van der Waals surface area (Å²) in [4.78, 5) is 32.2. The van der Waals surface area contributed by atoms with Crippen LogP contribution in [0.1, 0.15) is 28.0 Å². The minimum absolute atomic E-state index is 0.0484. The Morgan fingerprint density at radius 2 is 2.00 bits per heavy atom. The third kappa shape index (κ3) is 4.67. The van der Waals surface area contributed by atoms with Crippen LogP contribution in [-0.4, -0.2) is 52.5 Å². The van der Waals surface area contributed by atoms with Gasteiger partial charge in [0.15, 0.2) is 0 Å². The summed E-state index contributed by atoms with van der Waals surface area (Å²) < 4.78 is 40.4. The van der Waals surface area contributed by atoms with E-state index in [1.54, 1.807) is 5.38 Å². The highest BCUT2D eigenvalue weighted by Crippen LogP contribution is 2.32. The fourth-order valence-corrected chi connectivity index (χ4v) is 4.22. The van der Waals surface area contributed by atoms with Crippen molar-refractivity contribution in [2.45, 2.75) is 23.5 Å². The molecule has 0 radical (unpaired) electrons. The third-order valence-electron chi connectivity index (χ3n) is 4.44. The molecule has 1 aromatic heterocycles. The van der Waals surface area contributed by atoms with E-state index in [1.165, 1.54) is 51.1 Å². The molecule has 1 aliphatic rings. The highest BCUT2D eigenvalue weighted by Gasteiger charge is 2.34. The number of thioether (sulfide) groups is 1. The zero-order valence-electron chi connectivity index (χ0n) is 15.0. The lowest BCUT2D eigenvalue weighted by molar-refractivity contribution is -0.139. The van der Waals surface area contributed by atoms with Crippen molar-refractivity contribution in [3.05, 3.63) is 46.5 Å². The first-order valence-electron chi connectivity index (χ1n) is 8.51. The van der Waals surface area contributed by atoms with Crippen molar-refractivity contribution in [1.29, 1.82) is 0 Å². The molecule has 28 heavy (non-hydrogen) atoms. The van der Waals surface area contributed by atoms with Crippen molar-refractivity contribution in [1.82, 2.24) is 14.8 Å².